The standard InChI is InChI=1S/C11H13BO3S/c1-6-4-8-7(2)11(12(13)14)16-10(8)9(5-6)15-3/h4-5,13-14H,1-3H3. The molecule has 0 saturated carbocycles. The van der Waals surface area contributed by atoms with Crippen LogP contribution in [0.3, 0.4) is 0 Å². The van der Waals surface area contributed by atoms with Gasteiger partial charge in [0.25, 0.3) is 0 Å². The van der Waals surface area contributed by atoms with Gasteiger partial charge in [-0.05, 0) is 36.4 Å². The van der Waals surface area contributed by atoms with Gasteiger partial charge in [0.2, 0.25) is 0 Å². The van der Waals surface area contributed by atoms with E-state index in [4.69, 9.17) is 4.74 Å². The second kappa shape index (κ2) is 4.09. The Labute approximate surface area is 98.4 Å². The summed E-state index contributed by atoms with van der Waals surface area (Å²) in [5.74, 6) is 0.787. The number of benzene rings is 1. The highest BCUT2D eigenvalue weighted by atomic mass is 32.1. The van der Waals surface area contributed by atoms with Gasteiger partial charge < -0.3 is 14.8 Å². The molecule has 1 heterocycles. The molecular formula is C11H13BO3S. The van der Waals surface area contributed by atoms with E-state index in [1.165, 1.54) is 11.3 Å². The minimum Gasteiger partial charge on any atom is -0.495 e. The minimum absolute atomic E-state index is 0.582. The maximum absolute atomic E-state index is 9.26. The van der Waals surface area contributed by atoms with Crippen LogP contribution in [-0.4, -0.2) is 24.3 Å². The van der Waals surface area contributed by atoms with Crippen molar-refractivity contribution in [3.05, 3.63) is 23.3 Å². The highest BCUT2D eigenvalue weighted by Crippen LogP contribution is 2.33. The zero-order chi connectivity index (χ0) is 11.9. The van der Waals surface area contributed by atoms with Crippen LogP contribution < -0.4 is 9.51 Å². The molecule has 0 saturated heterocycles. The average molecular weight is 236 g/mol. The van der Waals surface area contributed by atoms with Crippen molar-refractivity contribution in [1.82, 2.24) is 0 Å². The Kier molecular flexibility index (Phi) is 2.92. The summed E-state index contributed by atoms with van der Waals surface area (Å²) in [6.07, 6.45) is 0. The summed E-state index contributed by atoms with van der Waals surface area (Å²) >= 11 is 1.37. The van der Waals surface area contributed by atoms with Crippen LogP contribution in [0, 0.1) is 13.8 Å². The smallest absolute Gasteiger partial charge is 0.495 e. The molecule has 3 nitrogen and oxygen atoms in total. The van der Waals surface area contributed by atoms with Crippen molar-refractivity contribution < 1.29 is 14.8 Å². The van der Waals surface area contributed by atoms with Crippen molar-refractivity contribution in [2.24, 2.45) is 0 Å². The number of thiophene rings is 1. The van der Waals surface area contributed by atoms with Crippen LogP contribution in [-0.2, 0) is 0 Å². The summed E-state index contributed by atoms with van der Waals surface area (Å²) in [5, 5.41) is 19.6. The Hall–Kier alpha value is -1.04. The molecule has 0 radical (unpaired) electrons. The Balaban J connectivity index is 2.80. The van der Waals surface area contributed by atoms with Crippen LogP contribution >= 0.6 is 11.3 Å². The van der Waals surface area contributed by atoms with E-state index in [0.717, 1.165) is 27.0 Å². The Morgan fingerprint density at radius 2 is 1.94 bits per heavy atom. The second-order valence-corrected chi connectivity index (χ2v) is 4.86. The molecule has 0 atom stereocenters. The molecule has 2 aromatic rings. The monoisotopic (exact) mass is 236 g/mol. The van der Waals surface area contributed by atoms with Crippen molar-refractivity contribution >= 4 is 33.3 Å². The largest absolute Gasteiger partial charge is 0.499 e. The lowest BCUT2D eigenvalue weighted by Crippen LogP contribution is -2.28. The first kappa shape index (κ1) is 11.5. The van der Waals surface area contributed by atoms with Gasteiger partial charge in [0.05, 0.1) is 11.8 Å². The minimum atomic E-state index is -1.41. The van der Waals surface area contributed by atoms with E-state index in [0.29, 0.717) is 4.78 Å². The summed E-state index contributed by atoms with van der Waals surface area (Å²) in [5.41, 5.74) is 2.02. The van der Waals surface area contributed by atoms with Crippen LogP contribution in [0.5, 0.6) is 5.75 Å². The van der Waals surface area contributed by atoms with Crippen molar-refractivity contribution in [2.45, 2.75) is 13.8 Å². The van der Waals surface area contributed by atoms with Gasteiger partial charge >= 0.3 is 7.12 Å². The van der Waals surface area contributed by atoms with Gasteiger partial charge in [-0.15, -0.1) is 11.3 Å². The SMILES string of the molecule is COc1cc(C)cc2c(C)c(B(O)O)sc12. The van der Waals surface area contributed by atoms with E-state index >= 15 is 0 Å². The molecule has 16 heavy (non-hydrogen) atoms. The van der Waals surface area contributed by atoms with Crippen LogP contribution in [0.2, 0.25) is 0 Å². The molecule has 0 fully saturated rings. The third kappa shape index (κ3) is 1.71. The summed E-state index contributed by atoms with van der Waals surface area (Å²) in [4.78, 5) is 0. The summed E-state index contributed by atoms with van der Waals surface area (Å²) in [6.45, 7) is 3.89. The fourth-order valence-corrected chi connectivity index (χ4v) is 2.99. The first-order valence-electron chi connectivity index (χ1n) is 4.98. The van der Waals surface area contributed by atoms with Gasteiger partial charge in [-0.25, -0.2) is 0 Å². The molecule has 0 aliphatic carbocycles. The van der Waals surface area contributed by atoms with Crippen molar-refractivity contribution in [1.29, 1.82) is 0 Å². The number of hydrogen-bond donors (Lipinski definition) is 2. The zero-order valence-corrected chi connectivity index (χ0v) is 10.3. The fraction of sp³-hybridized carbons (Fsp3) is 0.273. The fourth-order valence-electron chi connectivity index (χ4n) is 1.84. The molecule has 0 amide bonds. The molecule has 0 unspecified atom stereocenters. The van der Waals surface area contributed by atoms with Crippen LogP contribution in [0.25, 0.3) is 10.1 Å². The molecule has 5 heteroatoms. The van der Waals surface area contributed by atoms with E-state index < -0.39 is 7.12 Å². The Morgan fingerprint density at radius 3 is 2.50 bits per heavy atom. The van der Waals surface area contributed by atoms with Crippen molar-refractivity contribution in [3.8, 4) is 5.75 Å². The Bertz CT molecular complexity index is 533. The molecule has 1 aromatic heterocycles. The van der Waals surface area contributed by atoms with Gasteiger partial charge in [-0.1, -0.05) is 6.07 Å². The molecule has 2 N–H and O–H groups in total. The highest BCUT2D eigenvalue weighted by Gasteiger charge is 2.21. The lowest BCUT2D eigenvalue weighted by atomic mass is 9.85. The lowest BCUT2D eigenvalue weighted by Gasteiger charge is -2.03. The number of fused-ring (bicyclic) bond motifs is 1. The maximum Gasteiger partial charge on any atom is 0.499 e. The second-order valence-electron chi connectivity index (χ2n) is 3.81. The van der Waals surface area contributed by atoms with Crippen LogP contribution in [0.4, 0.5) is 0 Å². The van der Waals surface area contributed by atoms with Gasteiger partial charge in [0.15, 0.2) is 0 Å². The molecule has 0 aliphatic rings. The van der Waals surface area contributed by atoms with E-state index in [2.05, 4.69) is 0 Å². The van der Waals surface area contributed by atoms with Crippen LogP contribution in [0.1, 0.15) is 11.1 Å². The predicted octanol–water partition coefficient (Wildman–Crippen LogP) is 1.21. The van der Waals surface area contributed by atoms with Gasteiger partial charge in [-0.2, -0.15) is 0 Å². The third-order valence-corrected chi connectivity index (χ3v) is 4.00. The molecule has 0 aliphatic heterocycles. The topological polar surface area (TPSA) is 49.7 Å². The van der Waals surface area contributed by atoms with Gasteiger partial charge in [0, 0.05) is 4.78 Å². The zero-order valence-electron chi connectivity index (χ0n) is 9.44. The first-order chi connectivity index (χ1) is 7.54. The summed E-state index contributed by atoms with van der Waals surface area (Å²) in [6, 6.07) is 3.99. The number of methoxy groups -OCH3 is 1. The predicted molar refractivity (Wildman–Crippen MR) is 67.7 cm³/mol. The van der Waals surface area contributed by atoms with Crippen molar-refractivity contribution in [2.75, 3.05) is 7.11 Å². The number of rotatable bonds is 2. The van der Waals surface area contributed by atoms with E-state index in [1.807, 2.05) is 26.0 Å². The van der Waals surface area contributed by atoms with E-state index in [-0.39, 0.29) is 0 Å². The van der Waals surface area contributed by atoms with Gasteiger partial charge in [0.1, 0.15) is 5.75 Å². The highest BCUT2D eigenvalue weighted by molar-refractivity contribution is 7.28. The van der Waals surface area contributed by atoms with E-state index in [9.17, 15) is 10.0 Å². The van der Waals surface area contributed by atoms with E-state index in [1.54, 1.807) is 7.11 Å². The van der Waals surface area contributed by atoms with Crippen molar-refractivity contribution in [3.63, 3.8) is 0 Å². The number of aryl methyl sites for hydroxylation is 2. The Morgan fingerprint density at radius 1 is 1.25 bits per heavy atom. The number of ether oxygens (including phenoxy) is 1. The maximum atomic E-state index is 9.26. The normalized spacial score (nSPS) is 10.8. The summed E-state index contributed by atoms with van der Waals surface area (Å²) < 4.78 is 6.85. The molecule has 1 aromatic carbocycles. The number of hydrogen-bond acceptors (Lipinski definition) is 4. The molecule has 0 spiro atoms. The summed E-state index contributed by atoms with van der Waals surface area (Å²) in [7, 11) is 0.209. The first-order valence-corrected chi connectivity index (χ1v) is 5.80. The third-order valence-electron chi connectivity index (χ3n) is 2.64. The van der Waals surface area contributed by atoms with Crippen LogP contribution in [0.15, 0.2) is 12.1 Å². The molecule has 0 bridgehead atoms. The molecule has 2 rings (SSSR count). The average Bonchev–Trinajstić information content (AvgIpc) is 2.55. The quantitative estimate of drug-likeness (QED) is 0.770. The molecule has 84 valence electrons. The molecular weight excluding hydrogens is 223 g/mol. The van der Waals surface area contributed by atoms with Gasteiger partial charge in [-0.3, -0.25) is 0 Å². The lowest BCUT2D eigenvalue weighted by molar-refractivity contribution is 0.420.